The molecule has 0 aliphatic heterocycles. The molecule has 0 aliphatic rings. The topological polar surface area (TPSA) is 75.6 Å². The third-order valence-corrected chi connectivity index (χ3v) is 2.37. The SMILES string of the molecule is Cc1nn(C)cc1NC(=O)c1[nH]ncc1Cl. The Morgan fingerprint density at radius 1 is 1.62 bits per heavy atom. The summed E-state index contributed by atoms with van der Waals surface area (Å²) in [5, 5.41) is 13.3. The van der Waals surface area contributed by atoms with Gasteiger partial charge in [0.1, 0.15) is 5.69 Å². The van der Waals surface area contributed by atoms with Crippen molar-refractivity contribution in [3.8, 4) is 0 Å². The van der Waals surface area contributed by atoms with Gasteiger partial charge in [-0.2, -0.15) is 10.2 Å². The zero-order chi connectivity index (χ0) is 11.7. The van der Waals surface area contributed by atoms with E-state index in [9.17, 15) is 4.79 Å². The number of carbonyl (C=O) groups is 1. The third-order valence-electron chi connectivity index (χ3n) is 2.08. The Bertz CT molecular complexity index is 530. The molecule has 0 atom stereocenters. The van der Waals surface area contributed by atoms with E-state index in [1.807, 2.05) is 6.92 Å². The lowest BCUT2D eigenvalue weighted by molar-refractivity contribution is 0.102. The summed E-state index contributed by atoms with van der Waals surface area (Å²) in [7, 11) is 1.78. The second-order valence-electron chi connectivity index (χ2n) is 3.35. The minimum absolute atomic E-state index is 0.241. The van der Waals surface area contributed by atoms with Crippen LogP contribution < -0.4 is 5.32 Å². The average molecular weight is 240 g/mol. The van der Waals surface area contributed by atoms with E-state index in [-0.39, 0.29) is 11.6 Å². The number of carbonyl (C=O) groups excluding carboxylic acids is 1. The standard InChI is InChI=1S/C9H10ClN5O/c1-5-7(4-15(2)14-5)12-9(16)8-6(10)3-11-13-8/h3-4H,1-2H3,(H,11,13)(H,12,16). The van der Waals surface area contributed by atoms with Crippen LogP contribution in [0.5, 0.6) is 0 Å². The van der Waals surface area contributed by atoms with Gasteiger partial charge in [0.2, 0.25) is 0 Å². The molecular formula is C9H10ClN5O. The summed E-state index contributed by atoms with van der Waals surface area (Å²) in [4.78, 5) is 11.8. The van der Waals surface area contributed by atoms with Crippen molar-refractivity contribution in [1.82, 2.24) is 20.0 Å². The largest absolute Gasteiger partial charge is 0.318 e. The van der Waals surface area contributed by atoms with Gasteiger partial charge in [0.05, 0.1) is 22.6 Å². The quantitative estimate of drug-likeness (QED) is 0.831. The van der Waals surface area contributed by atoms with Crippen molar-refractivity contribution < 1.29 is 4.79 Å². The Kier molecular flexibility index (Phi) is 2.66. The van der Waals surface area contributed by atoms with E-state index in [4.69, 9.17) is 11.6 Å². The van der Waals surface area contributed by atoms with Crippen molar-refractivity contribution >= 4 is 23.2 Å². The number of nitrogens with zero attached hydrogens (tertiary/aromatic N) is 3. The Hall–Kier alpha value is -1.82. The van der Waals surface area contributed by atoms with Crippen molar-refractivity contribution in [2.75, 3.05) is 5.32 Å². The molecule has 6 nitrogen and oxygen atoms in total. The van der Waals surface area contributed by atoms with Crippen LogP contribution in [-0.4, -0.2) is 25.9 Å². The molecule has 2 aromatic rings. The van der Waals surface area contributed by atoms with Crippen molar-refractivity contribution in [3.63, 3.8) is 0 Å². The number of rotatable bonds is 2. The molecule has 84 valence electrons. The predicted octanol–water partition coefficient (Wildman–Crippen LogP) is 1.36. The third kappa shape index (κ3) is 1.92. The van der Waals surface area contributed by atoms with Crippen LogP contribution in [0, 0.1) is 6.92 Å². The second kappa shape index (κ2) is 3.97. The summed E-state index contributed by atoms with van der Waals surface area (Å²) in [6, 6.07) is 0. The van der Waals surface area contributed by atoms with Gasteiger partial charge in [-0.1, -0.05) is 11.6 Å². The highest BCUT2D eigenvalue weighted by Crippen LogP contribution is 2.16. The van der Waals surface area contributed by atoms with Gasteiger partial charge in [-0.25, -0.2) is 0 Å². The van der Waals surface area contributed by atoms with Crippen molar-refractivity contribution in [1.29, 1.82) is 0 Å². The maximum atomic E-state index is 11.8. The zero-order valence-corrected chi connectivity index (χ0v) is 9.54. The number of anilines is 1. The molecule has 0 radical (unpaired) electrons. The molecule has 1 amide bonds. The molecule has 0 fully saturated rings. The van der Waals surface area contributed by atoms with Crippen molar-refractivity contribution in [2.45, 2.75) is 6.92 Å². The van der Waals surface area contributed by atoms with Crippen LogP contribution in [0.15, 0.2) is 12.4 Å². The molecule has 0 aromatic carbocycles. The minimum atomic E-state index is -0.335. The monoisotopic (exact) mass is 239 g/mol. The van der Waals surface area contributed by atoms with E-state index in [2.05, 4.69) is 20.6 Å². The van der Waals surface area contributed by atoms with Crippen LogP contribution in [0.2, 0.25) is 5.02 Å². The molecule has 0 spiro atoms. The van der Waals surface area contributed by atoms with Gasteiger partial charge in [0.15, 0.2) is 0 Å². The van der Waals surface area contributed by atoms with Crippen LogP contribution in [0.4, 0.5) is 5.69 Å². The lowest BCUT2D eigenvalue weighted by Crippen LogP contribution is -2.13. The first-order chi connectivity index (χ1) is 7.58. The summed E-state index contributed by atoms with van der Waals surface area (Å²) in [6.07, 6.45) is 3.10. The van der Waals surface area contributed by atoms with Crippen molar-refractivity contribution in [3.05, 3.63) is 28.8 Å². The van der Waals surface area contributed by atoms with E-state index < -0.39 is 0 Å². The fraction of sp³-hybridized carbons (Fsp3) is 0.222. The Morgan fingerprint density at radius 3 is 2.88 bits per heavy atom. The number of aryl methyl sites for hydroxylation is 2. The van der Waals surface area contributed by atoms with E-state index >= 15 is 0 Å². The minimum Gasteiger partial charge on any atom is -0.318 e. The molecule has 2 heterocycles. The predicted molar refractivity (Wildman–Crippen MR) is 59.5 cm³/mol. The first kappa shape index (κ1) is 10.7. The van der Waals surface area contributed by atoms with Gasteiger partial charge in [-0.3, -0.25) is 14.6 Å². The maximum absolute atomic E-state index is 11.8. The van der Waals surface area contributed by atoms with Crippen LogP contribution in [-0.2, 0) is 7.05 Å². The molecule has 2 aromatic heterocycles. The molecule has 7 heteroatoms. The number of halogens is 1. The normalized spacial score (nSPS) is 10.4. The Morgan fingerprint density at radius 2 is 2.38 bits per heavy atom. The average Bonchev–Trinajstić information content (AvgIpc) is 2.74. The van der Waals surface area contributed by atoms with E-state index in [0.29, 0.717) is 10.7 Å². The second-order valence-corrected chi connectivity index (χ2v) is 3.76. The molecule has 0 unspecified atom stereocenters. The maximum Gasteiger partial charge on any atom is 0.275 e. The fourth-order valence-corrected chi connectivity index (χ4v) is 1.51. The number of hydrogen-bond donors (Lipinski definition) is 2. The van der Waals surface area contributed by atoms with E-state index in [1.54, 1.807) is 17.9 Å². The van der Waals surface area contributed by atoms with Gasteiger partial charge < -0.3 is 5.32 Å². The Labute approximate surface area is 96.6 Å². The summed E-state index contributed by atoms with van der Waals surface area (Å²) in [5.74, 6) is -0.335. The molecular weight excluding hydrogens is 230 g/mol. The highest BCUT2D eigenvalue weighted by Gasteiger charge is 2.14. The molecule has 0 saturated heterocycles. The smallest absolute Gasteiger partial charge is 0.275 e. The number of aromatic nitrogens is 4. The summed E-state index contributed by atoms with van der Waals surface area (Å²) < 4.78 is 1.62. The fourth-order valence-electron chi connectivity index (χ4n) is 1.34. The van der Waals surface area contributed by atoms with Crippen LogP contribution in [0.25, 0.3) is 0 Å². The molecule has 16 heavy (non-hydrogen) atoms. The Balaban J connectivity index is 2.20. The highest BCUT2D eigenvalue weighted by atomic mass is 35.5. The number of amides is 1. The lowest BCUT2D eigenvalue weighted by Gasteiger charge is -2.01. The number of H-pyrrole nitrogens is 1. The number of nitrogens with one attached hydrogen (secondary N) is 2. The van der Waals surface area contributed by atoms with Gasteiger partial charge in [-0.15, -0.1) is 0 Å². The van der Waals surface area contributed by atoms with Gasteiger partial charge >= 0.3 is 0 Å². The van der Waals surface area contributed by atoms with Crippen molar-refractivity contribution in [2.24, 2.45) is 7.05 Å². The summed E-state index contributed by atoms with van der Waals surface area (Å²) in [5.41, 5.74) is 1.63. The van der Waals surface area contributed by atoms with Gasteiger partial charge in [-0.05, 0) is 6.92 Å². The molecule has 0 aliphatic carbocycles. The number of hydrogen-bond acceptors (Lipinski definition) is 3. The van der Waals surface area contributed by atoms with Crippen LogP contribution >= 0.6 is 11.6 Å². The molecule has 0 bridgehead atoms. The summed E-state index contributed by atoms with van der Waals surface area (Å²) in [6.45, 7) is 1.81. The molecule has 2 rings (SSSR count). The van der Waals surface area contributed by atoms with Gasteiger partial charge in [0, 0.05) is 13.2 Å². The van der Waals surface area contributed by atoms with Crippen LogP contribution in [0.3, 0.4) is 0 Å². The van der Waals surface area contributed by atoms with Crippen LogP contribution in [0.1, 0.15) is 16.2 Å². The van der Waals surface area contributed by atoms with E-state index in [1.165, 1.54) is 6.20 Å². The first-order valence-electron chi connectivity index (χ1n) is 4.58. The molecule has 2 N–H and O–H groups in total. The lowest BCUT2D eigenvalue weighted by atomic mass is 10.3. The summed E-state index contributed by atoms with van der Waals surface area (Å²) >= 11 is 5.77. The van der Waals surface area contributed by atoms with E-state index in [0.717, 1.165) is 5.69 Å². The number of aromatic amines is 1. The highest BCUT2D eigenvalue weighted by molar-refractivity contribution is 6.34. The zero-order valence-electron chi connectivity index (χ0n) is 8.78. The first-order valence-corrected chi connectivity index (χ1v) is 4.96. The van der Waals surface area contributed by atoms with Gasteiger partial charge in [0.25, 0.3) is 5.91 Å². The molecule has 0 saturated carbocycles.